The van der Waals surface area contributed by atoms with Crippen molar-refractivity contribution < 1.29 is 4.79 Å². The van der Waals surface area contributed by atoms with Gasteiger partial charge in [-0.3, -0.25) is 9.78 Å². The number of hydrogen-bond donors (Lipinski definition) is 0. The number of carbonyl (C=O) groups is 1. The fourth-order valence-electron chi connectivity index (χ4n) is 5.19. The number of rotatable bonds is 7. The first-order valence-corrected chi connectivity index (χ1v) is 13.3. The van der Waals surface area contributed by atoms with E-state index in [0.717, 1.165) is 48.1 Å². The molecule has 0 radical (unpaired) electrons. The van der Waals surface area contributed by atoms with Crippen LogP contribution in [0.15, 0.2) is 97.3 Å². The van der Waals surface area contributed by atoms with Crippen molar-refractivity contribution in [1.82, 2.24) is 4.98 Å². The molecule has 1 fully saturated rings. The molecule has 0 saturated heterocycles. The molecule has 5 rings (SSSR count). The van der Waals surface area contributed by atoms with E-state index in [1.54, 1.807) is 6.20 Å². The first-order chi connectivity index (χ1) is 18.1. The van der Waals surface area contributed by atoms with Gasteiger partial charge in [0.05, 0.1) is 6.54 Å². The highest BCUT2D eigenvalue weighted by atomic mass is 16.2. The van der Waals surface area contributed by atoms with Gasteiger partial charge < -0.3 is 9.80 Å². The van der Waals surface area contributed by atoms with Gasteiger partial charge in [0, 0.05) is 49.3 Å². The van der Waals surface area contributed by atoms with E-state index in [0.29, 0.717) is 6.54 Å². The van der Waals surface area contributed by atoms with Gasteiger partial charge in [0.2, 0.25) is 5.91 Å². The van der Waals surface area contributed by atoms with Gasteiger partial charge in [-0.25, -0.2) is 0 Å². The van der Waals surface area contributed by atoms with Gasteiger partial charge in [0.25, 0.3) is 0 Å². The molecule has 1 aliphatic rings. The summed E-state index contributed by atoms with van der Waals surface area (Å²) in [4.78, 5) is 22.2. The van der Waals surface area contributed by atoms with Gasteiger partial charge in [-0.05, 0) is 65.4 Å². The molecule has 3 aromatic carbocycles. The van der Waals surface area contributed by atoms with E-state index >= 15 is 0 Å². The van der Waals surface area contributed by atoms with Crippen LogP contribution in [0.2, 0.25) is 0 Å². The maximum absolute atomic E-state index is 13.8. The second kappa shape index (κ2) is 11.4. The van der Waals surface area contributed by atoms with Gasteiger partial charge in [-0.2, -0.15) is 0 Å². The molecule has 1 aliphatic carbocycles. The summed E-state index contributed by atoms with van der Waals surface area (Å²) in [6, 6.07) is 29.5. The van der Waals surface area contributed by atoms with Crippen molar-refractivity contribution in [2.24, 2.45) is 5.92 Å². The number of hydrogen-bond acceptors (Lipinski definition) is 3. The Hall–Kier alpha value is -3.92. The molecule has 0 bridgehead atoms. The third kappa shape index (κ3) is 5.91. The zero-order valence-corrected chi connectivity index (χ0v) is 21.8. The van der Waals surface area contributed by atoms with Gasteiger partial charge >= 0.3 is 0 Å². The Morgan fingerprint density at radius 2 is 1.43 bits per heavy atom. The molecule has 0 unspecified atom stereocenters. The van der Waals surface area contributed by atoms with Gasteiger partial charge in [-0.1, -0.05) is 73.9 Å². The Morgan fingerprint density at radius 1 is 0.757 bits per heavy atom. The molecule has 4 heteroatoms. The molecule has 37 heavy (non-hydrogen) atoms. The molecule has 4 nitrogen and oxygen atoms in total. The molecule has 0 aliphatic heterocycles. The maximum Gasteiger partial charge on any atom is 0.230 e. The normalized spacial score (nSPS) is 13.8. The first-order valence-electron chi connectivity index (χ1n) is 13.3. The molecule has 1 amide bonds. The largest absolute Gasteiger partial charge is 0.378 e. The lowest BCUT2D eigenvalue weighted by Gasteiger charge is -2.30. The summed E-state index contributed by atoms with van der Waals surface area (Å²) in [5.74, 6) is 0.344. The number of pyridine rings is 1. The summed E-state index contributed by atoms with van der Waals surface area (Å²) in [5.41, 5.74) is 7.76. The molecule has 0 spiro atoms. The van der Waals surface area contributed by atoms with Crippen molar-refractivity contribution in [3.63, 3.8) is 0 Å². The Labute approximate surface area is 220 Å². The number of benzene rings is 3. The second-order valence-corrected chi connectivity index (χ2v) is 10.2. The fraction of sp³-hybridized carbons (Fsp3) is 0.273. The van der Waals surface area contributed by atoms with Crippen LogP contribution in [0.1, 0.15) is 37.7 Å². The van der Waals surface area contributed by atoms with Gasteiger partial charge in [0.1, 0.15) is 0 Å². The van der Waals surface area contributed by atoms with Crippen molar-refractivity contribution in [3.8, 4) is 22.3 Å². The Morgan fingerprint density at radius 3 is 2.08 bits per heavy atom. The van der Waals surface area contributed by atoms with Crippen LogP contribution in [0.4, 0.5) is 11.4 Å². The lowest BCUT2D eigenvalue weighted by molar-refractivity contribution is -0.123. The number of nitrogens with zero attached hydrogens (tertiary/aromatic N) is 3. The van der Waals surface area contributed by atoms with Gasteiger partial charge in [0.15, 0.2) is 0 Å². The zero-order valence-electron chi connectivity index (χ0n) is 21.8. The number of amides is 1. The molecule has 1 saturated carbocycles. The zero-order chi connectivity index (χ0) is 25.6. The van der Waals surface area contributed by atoms with Crippen molar-refractivity contribution in [2.75, 3.05) is 23.9 Å². The maximum atomic E-state index is 13.8. The predicted molar refractivity (Wildman–Crippen MR) is 154 cm³/mol. The summed E-state index contributed by atoms with van der Waals surface area (Å²) in [6.45, 7) is 0.561. The number of carbonyl (C=O) groups excluding carboxylic acids is 1. The Bertz CT molecular complexity index is 1310. The van der Waals surface area contributed by atoms with Crippen LogP contribution in [0.3, 0.4) is 0 Å². The average Bonchev–Trinajstić information content (AvgIpc) is 2.97. The van der Waals surface area contributed by atoms with Crippen LogP contribution < -0.4 is 9.80 Å². The van der Waals surface area contributed by atoms with E-state index in [4.69, 9.17) is 0 Å². The van der Waals surface area contributed by atoms with Crippen molar-refractivity contribution in [2.45, 2.75) is 38.6 Å². The van der Waals surface area contributed by atoms with E-state index < -0.39 is 0 Å². The molecule has 1 heterocycles. The van der Waals surface area contributed by atoms with Crippen molar-refractivity contribution in [3.05, 3.63) is 103 Å². The first kappa shape index (κ1) is 24.8. The lowest BCUT2D eigenvalue weighted by Crippen LogP contribution is -2.36. The molecular formula is C33H35N3O. The highest BCUT2D eigenvalue weighted by Crippen LogP contribution is 2.31. The average molecular weight is 490 g/mol. The van der Waals surface area contributed by atoms with E-state index in [2.05, 4.69) is 96.8 Å². The summed E-state index contributed by atoms with van der Waals surface area (Å²) in [7, 11) is 4.10. The second-order valence-electron chi connectivity index (χ2n) is 10.2. The van der Waals surface area contributed by atoms with Crippen LogP contribution in [0.25, 0.3) is 22.3 Å². The van der Waals surface area contributed by atoms with Gasteiger partial charge in [-0.15, -0.1) is 0 Å². The molecule has 0 atom stereocenters. The topological polar surface area (TPSA) is 36.4 Å². The summed E-state index contributed by atoms with van der Waals surface area (Å²) in [5, 5.41) is 0. The molecule has 4 aromatic rings. The fourth-order valence-corrected chi connectivity index (χ4v) is 5.19. The van der Waals surface area contributed by atoms with Crippen LogP contribution in [0, 0.1) is 5.92 Å². The van der Waals surface area contributed by atoms with E-state index in [-0.39, 0.29) is 11.8 Å². The Balaban J connectivity index is 1.42. The summed E-state index contributed by atoms with van der Waals surface area (Å²) >= 11 is 0. The van der Waals surface area contributed by atoms with Crippen LogP contribution in [-0.4, -0.2) is 25.0 Å². The minimum absolute atomic E-state index is 0.102. The molecular weight excluding hydrogens is 454 g/mol. The highest BCUT2D eigenvalue weighted by Gasteiger charge is 2.27. The van der Waals surface area contributed by atoms with Crippen LogP contribution in [-0.2, 0) is 11.3 Å². The van der Waals surface area contributed by atoms with Crippen molar-refractivity contribution >= 4 is 17.3 Å². The van der Waals surface area contributed by atoms with Crippen molar-refractivity contribution in [1.29, 1.82) is 0 Å². The lowest BCUT2D eigenvalue weighted by atomic mass is 9.88. The summed E-state index contributed by atoms with van der Waals surface area (Å²) in [6.07, 6.45) is 9.14. The van der Waals surface area contributed by atoms with E-state index in [1.807, 2.05) is 23.2 Å². The van der Waals surface area contributed by atoms with Crippen LogP contribution in [0.5, 0.6) is 0 Å². The van der Waals surface area contributed by atoms with E-state index in [9.17, 15) is 4.79 Å². The van der Waals surface area contributed by atoms with E-state index in [1.165, 1.54) is 23.2 Å². The molecule has 188 valence electrons. The number of aromatic nitrogens is 1. The Kier molecular flexibility index (Phi) is 7.65. The molecule has 0 N–H and O–H groups in total. The molecule has 1 aromatic heterocycles. The standard InChI is InChI=1S/C33H35N3O/c1-35(2)31-19-17-27(18-20-31)26-15-13-25(14-16-26)24-36(33(37)28-8-4-3-5-9-28)32-12-6-10-29(22-32)30-11-7-21-34-23-30/h6-7,10-23,28H,3-5,8-9,24H2,1-2H3. The minimum Gasteiger partial charge on any atom is -0.378 e. The number of anilines is 2. The third-order valence-electron chi connectivity index (χ3n) is 7.38. The third-order valence-corrected chi connectivity index (χ3v) is 7.38. The smallest absolute Gasteiger partial charge is 0.230 e. The summed E-state index contributed by atoms with van der Waals surface area (Å²) < 4.78 is 0. The monoisotopic (exact) mass is 489 g/mol. The quantitative estimate of drug-likeness (QED) is 0.268. The highest BCUT2D eigenvalue weighted by molar-refractivity contribution is 5.95. The van der Waals surface area contributed by atoms with Crippen LogP contribution >= 0.6 is 0 Å². The predicted octanol–water partition coefficient (Wildman–Crippen LogP) is 7.60. The minimum atomic E-state index is 0.102. The SMILES string of the molecule is CN(C)c1ccc(-c2ccc(CN(C(=O)C3CCCCC3)c3cccc(-c4cccnc4)c3)cc2)cc1.